The number of methoxy groups -OCH3 is 1. The van der Waals surface area contributed by atoms with Gasteiger partial charge in [-0.15, -0.1) is 0 Å². The van der Waals surface area contributed by atoms with Crippen LogP contribution in [0.25, 0.3) is 5.76 Å². The van der Waals surface area contributed by atoms with Gasteiger partial charge in [-0.05, 0) is 24.8 Å². The van der Waals surface area contributed by atoms with E-state index in [2.05, 4.69) is 20.9 Å². The van der Waals surface area contributed by atoms with Crippen molar-refractivity contribution in [3.8, 4) is 0 Å². The zero-order valence-corrected chi connectivity index (χ0v) is 25.4. The summed E-state index contributed by atoms with van der Waals surface area (Å²) in [6, 6.07) is 15.4. The maximum Gasteiger partial charge on any atom is 0.343 e. The van der Waals surface area contributed by atoms with Gasteiger partial charge in [0.25, 0.3) is 0 Å². The summed E-state index contributed by atoms with van der Waals surface area (Å²) in [5.41, 5.74) is 0.898. The van der Waals surface area contributed by atoms with Crippen LogP contribution in [0.1, 0.15) is 38.3 Å². The summed E-state index contributed by atoms with van der Waals surface area (Å²) in [5, 5.41) is 18.3. The number of carbonyl (C=O) groups excluding carboxylic acids is 5. The maximum absolute atomic E-state index is 13.2. The van der Waals surface area contributed by atoms with Crippen molar-refractivity contribution in [1.29, 1.82) is 0 Å². The van der Waals surface area contributed by atoms with Gasteiger partial charge in [-0.1, -0.05) is 74.5 Å². The lowest BCUT2D eigenvalue weighted by Crippen LogP contribution is -2.54. The van der Waals surface area contributed by atoms with Gasteiger partial charge in [-0.3, -0.25) is 19.4 Å². The molecule has 12 nitrogen and oxygen atoms in total. The van der Waals surface area contributed by atoms with Crippen LogP contribution in [0, 0.1) is 5.92 Å². The Morgan fingerprint density at radius 1 is 0.909 bits per heavy atom. The molecule has 2 rings (SSSR count). The smallest absolute Gasteiger partial charge is 0.343 e. The molecule has 0 bridgehead atoms. The molecule has 236 valence electrons. The molecule has 0 spiro atoms. The van der Waals surface area contributed by atoms with E-state index in [-0.39, 0.29) is 30.3 Å². The number of aliphatic imine (C=N–C) groups is 1. The van der Waals surface area contributed by atoms with E-state index in [4.69, 9.17) is 9.47 Å². The molecule has 0 heterocycles. The first kappa shape index (κ1) is 35.2. The normalized spacial score (nSPS) is 12.9. The van der Waals surface area contributed by atoms with E-state index in [1.165, 1.54) is 7.11 Å². The molecule has 2 aromatic rings. The molecule has 0 fully saturated rings. The Balaban J connectivity index is 2.06. The first-order valence-electron chi connectivity index (χ1n) is 14.2. The fourth-order valence-electron chi connectivity index (χ4n) is 4.03. The molecule has 44 heavy (non-hydrogen) atoms. The van der Waals surface area contributed by atoms with Gasteiger partial charge in [0.05, 0.1) is 20.3 Å². The number of amides is 3. The van der Waals surface area contributed by atoms with E-state index in [0.29, 0.717) is 12.0 Å². The van der Waals surface area contributed by atoms with Crippen molar-refractivity contribution in [2.24, 2.45) is 10.9 Å². The lowest BCUT2D eigenvalue weighted by molar-refractivity contribution is -0.146. The minimum atomic E-state index is -1.04. The number of nitrogens with one attached hydrogen (secondary N) is 3. The summed E-state index contributed by atoms with van der Waals surface area (Å²) in [6.45, 7) is 4.56. The molecule has 0 saturated heterocycles. The van der Waals surface area contributed by atoms with E-state index >= 15 is 0 Å². The number of esters is 2. The molecule has 0 aliphatic rings. The topological polar surface area (TPSA) is 172 Å². The number of hydrogen-bond donors (Lipinski definition) is 4. The first-order chi connectivity index (χ1) is 21.0. The van der Waals surface area contributed by atoms with Gasteiger partial charge in [0.1, 0.15) is 30.0 Å². The van der Waals surface area contributed by atoms with Crippen LogP contribution in [0.2, 0.25) is 0 Å². The summed E-state index contributed by atoms with van der Waals surface area (Å²) in [4.78, 5) is 66.9. The Kier molecular flexibility index (Phi) is 14.8. The summed E-state index contributed by atoms with van der Waals surface area (Å²) in [7, 11) is 1.23. The Hall–Kier alpha value is -5.00. The van der Waals surface area contributed by atoms with Crippen molar-refractivity contribution in [3.05, 3.63) is 77.4 Å². The van der Waals surface area contributed by atoms with Crippen LogP contribution in [0.3, 0.4) is 0 Å². The molecular weight excluding hydrogens is 568 g/mol. The van der Waals surface area contributed by atoms with Crippen molar-refractivity contribution >= 4 is 41.6 Å². The maximum atomic E-state index is 13.2. The fourth-order valence-corrected chi connectivity index (χ4v) is 4.03. The number of benzene rings is 2. The van der Waals surface area contributed by atoms with Crippen LogP contribution < -0.4 is 16.0 Å². The predicted molar refractivity (Wildman–Crippen MR) is 164 cm³/mol. The average molecular weight is 609 g/mol. The molecule has 0 radical (unpaired) electrons. The van der Waals surface area contributed by atoms with Gasteiger partial charge in [-0.2, -0.15) is 0 Å². The van der Waals surface area contributed by atoms with Crippen molar-refractivity contribution in [1.82, 2.24) is 16.0 Å². The van der Waals surface area contributed by atoms with Crippen molar-refractivity contribution in [2.75, 3.05) is 26.8 Å². The number of aliphatic hydroxyl groups excluding tert-OH is 1. The van der Waals surface area contributed by atoms with Crippen LogP contribution in [0.4, 0.5) is 0 Å². The second-order valence-corrected chi connectivity index (χ2v) is 10.1. The minimum absolute atomic E-state index is 0.0677. The Labute approximate surface area is 256 Å². The Morgan fingerprint density at radius 2 is 1.55 bits per heavy atom. The molecule has 3 amide bonds. The number of hydrogen-bond acceptors (Lipinski definition) is 9. The van der Waals surface area contributed by atoms with Gasteiger partial charge in [0, 0.05) is 18.2 Å². The Bertz CT molecular complexity index is 1330. The average Bonchev–Trinajstić information content (AvgIpc) is 3.01. The molecule has 0 unspecified atom stereocenters. The SMILES string of the molecule is CCOC(=O)/C(C=NCC(=O)NCC(=O)N[C@@H](Cc1ccccc1)C(=O)N[C@@H](CC(C)C)C(=O)OC)=C(\O)c1ccccc1. The van der Waals surface area contributed by atoms with E-state index in [1.54, 1.807) is 61.5 Å². The molecule has 2 atom stereocenters. The third kappa shape index (κ3) is 12.1. The third-order valence-corrected chi connectivity index (χ3v) is 6.14. The highest BCUT2D eigenvalue weighted by molar-refractivity contribution is 6.15. The van der Waals surface area contributed by atoms with Gasteiger partial charge in [0.15, 0.2) is 0 Å². The highest BCUT2D eigenvalue weighted by atomic mass is 16.5. The summed E-state index contributed by atoms with van der Waals surface area (Å²) < 4.78 is 9.81. The standard InChI is InChI=1S/C32H40N4O8/c1-5-44-31(41)24(29(39)23-14-10-7-11-15-23)18-33-19-27(37)34-20-28(38)35-25(17-22-12-8-6-9-13-22)30(40)36-26(16-21(2)3)32(42)43-4/h6-15,18,21,25-26,39H,5,16-17,19-20H2,1-4H3,(H,34,37)(H,35,38)(H,36,40)/b29-24-,33-18?/t25-,26-/m0/s1. The fraction of sp³-hybridized carbons (Fsp3) is 0.375. The first-order valence-corrected chi connectivity index (χ1v) is 14.2. The molecule has 0 aromatic heterocycles. The number of nitrogens with zero attached hydrogens (tertiary/aromatic N) is 1. The molecule has 0 saturated carbocycles. The van der Waals surface area contributed by atoms with Gasteiger partial charge >= 0.3 is 11.9 Å². The number of aliphatic hydroxyl groups is 1. The molecular formula is C32H40N4O8. The minimum Gasteiger partial charge on any atom is -0.506 e. The molecule has 0 aliphatic carbocycles. The lowest BCUT2D eigenvalue weighted by Gasteiger charge is -2.23. The number of carbonyl (C=O) groups is 5. The largest absolute Gasteiger partial charge is 0.506 e. The van der Waals surface area contributed by atoms with Crippen molar-refractivity contribution in [2.45, 2.75) is 45.7 Å². The summed E-state index contributed by atoms with van der Waals surface area (Å²) >= 11 is 0. The Morgan fingerprint density at radius 3 is 2.14 bits per heavy atom. The summed E-state index contributed by atoms with van der Waals surface area (Å²) in [5.74, 6) is -3.56. The zero-order valence-electron chi connectivity index (χ0n) is 25.4. The zero-order chi connectivity index (χ0) is 32.5. The van der Waals surface area contributed by atoms with Gasteiger partial charge < -0.3 is 30.5 Å². The second kappa shape index (κ2) is 18.5. The van der Waals surface area contributed by atoms with Crippen molar-refractivity contribution < 1.29 is 38.6 Å². The highest BCUT2D eigenvalue weighted by Crippen LogP contribution is 2.16. The molecule has 12 heteroatoms. The van der Waals surface area contributed by atoms with E-state index in [1.807, 2.05) is 19.9 Å². The molecule has 4 N–H and O–H groups in total. The van der Waals surface area contributed by atoms with Crippen LogP contribution in [-0.4, -0.2) is 79.9 Å². The molecule has 0 aliphatic heterocycles. The van der Waals surface area contributed by atoms with E-state index < -0.39 is 54.8 Å². The van der Waals surface area contributed by atoms with E-state index in [9.17, 15) is 29.1 Å². The second-order valence-electron chi connectivity index (χ2n) is 10.1. The third-order valence-electron chi connectivity index (χ3n) is 6.14. The van der Waals surface area contributed by atoms with E-state index in [0.717, 1.165) is 11.8 Å². The predicted octanol–water partition coefficient (Wildman–Crippen LogP) is 2.14. The lowest BCUT2D eigenvalue weighted by atomic mass is 10.0. The van der Waals surface area contributed by atoms with Gasteiger partial charge in [0.2, 0.25) is 17.7 Å². The quantitative estimate of drug-likeness (QED) is 0.0971. The van der Waals surface area contributed by atoms with Crippen LogP contribution in [-0.2, 0) is 39.9 Å². The number of rotatable bonds is 16. The van der Waals surface area contributed by atoms with Crippen LogP contribution in [0.15, 0.2) is 71.2 Å². The number of ether oxygens (including phenoxy) is 2. The molecule has 2 aromatic carbocycles. The van der Waals surface area contributed by atoms with Crippen LogP contribution >= 0.6 is 0 Å². The highest BCUT2D eigenvalue weighted by Gasteiger charge is 2.28. The monoisotopic (exact) mass is 608 g/mol. The van der Waals surface area contributed by atoms with Crippen LogP contribution in [0.5, 0.6) is 0 Å². The van der Waals surface area contributed by atoms with Gasteiger partial charge in [-0.25, -0.2) is 9.59 Å². The summed E-state index contributed by atoms with van der Waals surface area (Å²) in [6.07, 6.45) is 1.52. The van der Waals surface area contributed by atoms with Crippen molar-refractivity contribution in [3.63, 3.8) is 0 Å².